The number of aromatic nitrogens is 2. The van der Waals surface area contributed by atoms with Gasteiger partial charge in [-0.25, -0.2) is 9.78 Å². The fourth-order valence-electron chi connectivity index (χ4n) is 2.88. The minimum atomic E-state index is -0.102. The molecule has 1 fully saturated rings. The molecule has 0 saturated carbocycles. The minimum Gasteiger partial charge on any atom is -0.480 e. The smallest absolute Gasteiger partial charge is 0.318 e. The Morgan fingerprint density at radius 2 is 2.33 bits per heavy atom. The molecule has 0 bridgehead atoms. The number of urea groups is 1. The van der Waals surface area contributed by atoms with Gasteiger partial charge >= 0.3 is 6.03 Å². The van der Waals surface area contributed by atoms with Gasteiger partial charge in [0.1, 0.15) is 5.02 Å². The highest BCUT2D eigenvalue weighted by atomic mass is 35.5. The van der Waals surface area contributed by atoms with Gasteiger partial charge in [0.05, 0.1) is 18.8 Å². The lowest BCUT2D eigenvalue weighted by Crippen LogP contribution is -2.39. The van der Waals surface area contributed by atoms with Crippen molar-refractivity contribution in [2.45, 2.75) is 25.4 Å². The van der Waals surface area contributed by atoms with Gasteiger partial charge in [-0.1, -0.05) is 17.7 Å². The fourth-order valence-corrected chi connectivity index (χ4v) is 3.15. The Balaban J connectivity index is 1.63. The largest absolute Gasteiger partial charge is 0.480 e. The minimum absolute atomic E-state index is 0.0313. The monoisotopic (exact) mass is 346 g/mol. The maximum Gasteiger partial charge on any atom is 0.318 e. The summed E-state index contributed by atoms with van der Waals surface area (Å²) in [6, 6.07) is 7.46. The average Bonchev–Trinajstić information content (AvgIpc) is 3.10. The zero-order chi connectivity index (χ0) is 16.9. The number of pyridine rings is 2. The number of rotatable bonds is 4. The molecule has 7 heteroatoms. The molecule has 2 aromatic rings. The number of hydrogen-bond donors (Lipinski definition) is 1. The van der Waals surface area contributed by atoms with E-state index in [0.717, 1.165) is 30.6 Å². The van der Waals surface area contributed by atoms with Crippen molar-refractivity contribution < 1.29 is 9.53 Å². The van der Waals surface area contributed by atoms with Crippen molar-refractivity contribution >= 4 is 17.6 Å². The van der Waals surface area contributed by atoms with Gasteiger partial charge in [-0.3, -0.25) is 4.98 Å². The van der Waals surface area contributed by atoms with Crippen LogP contribution < -0.4 is 10.1 Å². The number of ether oxygens (including phenoxy) is 1. The summed E-state index contributed by atoms with van der Waals surface area (Å²) in [4.78, 5) is 22.8. The number of nitrogens with zero attached hydrogens (tertiary/aromatic N) is 3. The Morgan fingerprint density at radius 1 is 1.46 bits per heavy atom. The summed E-state index contributed by atoms with van der Waals surface area (Å²) in [6.45, 7) is 1.09. The molecule has 3 rings (SSSR count). The zero-order valence-corrected chi connectivity index (χ0v) is 14.2. The Hall–Kier alpha value is -2.34. The molecule has 6 nitrogen and oxygen atoms in total. The molecule has 126 valence electrons. The number of carbonyl (C=O) groups excluding carboxylic acids is 1. The normalized spacial score (nSPS) is 16.9. The highest BCUT2D eigenvalue weighted by Gasteiger charge is 2.30. The first-order chi connectivity index (χ1) is 11.7. The molecule has 1 N–H and O–H groups in total. The summed E-state index contributed by atoms with van der Waals surface area (Å²) < 4.78 is 5.02. The lowest BCUT2D eigenvalue weighted by atomic mass is 10.1. The summed E-state index contributed by atoms with van der Waals surface area (Å²) in [7, 11) is 1.51. The summed E-state index contributed by atoms with van der Waals surface area (Å²) in [5.74, 6) is 0.376. The molecule has 0 radical (unpaired) electrons. The molecule has 3 heterocycles. The third-order valence-corrected chi connectivity index (χ3v) is 4.31. The molecular formula is C17H19ClN4O2. The number of hydrogen-bond acceptors (Lipinski definition) is 4. The van der Waals surface area contributed by atoms with Crippen molar-refractivity contribution in [3.63, 3.8) is 0 Å². The number of methoxy groups -OCH3 is 1. The van der Waals surface area contributed by atoms with Crippen LogP contribution in [0.2, 0.25) is 5.02 Å². The van der Waals surface area contributed by atoms with E-state index in [2.05, 4.69) is 15.3 Å². The first kappa shape index (κ1) is 16.5. The van der Waals surface area contributed by atoms with E-state index in [-0.39, 0.29) is 12.1 Å². The van der Waals surface area contributed by atoms with Crippen molar-refractivity contribution in [2.75, 3.05) is 13.7 Å². The first-order valence-corrected chi connectivity index (χ1v) is 8.20. The summed E-state index contributed by atoms with van der Waals surface area (Å²) in [5.41, 5.74) is 1.75. The van der Waals surface area contributed by atoms with Crippen LogP contribution in [-0.4, -0.2) is 34.6 Å². The number of amides is 2. The van der Waals surface area contributed by atoms with Crippen molar-refractivity contribution in [1.82, 2.24) is 20.2 Å². The zero-order valence-electron chi connectivity index (χ0n) is 13.4. The third kappa shape index (κ3) is 3.59. The number of carbonyl (C=O) groups is 1. The molecule has 24 heavy (non-hydrogen) atoms. The first-order valence-electron chi connectivity index (χ1n) is 7.83. The van der Waals surface area contributed by atoms with E-state index in [1.165, 1.54) is 7.11 Å². The van der Waals surface area contributed by atoms with Crippen molar-refractivity contribution in [1.29, 1.82) is 0 Å². The van der Waals surface area contributed by atoms with Gasteiger partial charge in [0.25, 0.3) is 0 Å². The van der Waals surface area contributed by atoms with Crippen LogP contribution >= 0.6 is 11.6 Å². The molecular weight excluding hydrogens is 328 g/mol. The van der Waals surface area contributed by atoms with Crippen LogP contribution in [0, 0.1) is 0 Å². The molecule has 1 saturated heterocycles. The van der Waals surface area contributed by atoms with Gasteiger partial charge in [-0.15, -0.1) is 0 Å². The average molecular weight is 347 g/mol. The maximum absolute atomic E-state index is 12.5. The van der Waals surface area contributed by atoms with Gasteiger partial charge in [0.2, 0.25) is 5.88 Å². The maximum atomic E-state index is 12.5. The summed E-state index contributed by atoms with van der Waals surface area (Å²) in [5, 5.41) is 3.35. The van der Waals surface area contributed by atoms with Gasteiger partial charge in [0, 0.05) is 25.5 Å². The van der Waals surface area contributed by atoms with E-state index in [4.69, 9.17) is 16.3 Å². The topological polar surface area (TPSA) is 67.3 Å². The molecule has 1 unspecified atom stereocenters. The fraction of sp³-hybridized carbons (Fsp3) is 0.353. The predicted molar refractivity (Wildman–Crippen MR) is 91.0 cm³/mol. The van der Waals surface area contributed by atoms with Crippen LogP contribution in [0.5, 0.6) is 5.88 Å². The summed E-state index contributed by atoms with van der Waals surface area (Å²) >= 11 is 6.06. The second kappa shape index (κ2) is 7.49. The van der Waals surface area contributed by atoms with E-state index in [0.29, 0.717) is 17.4 Å². The molecule has 2 aromatic heterocycles. The molecule has 1 aliphatic rings. The quantitative estimate of drug-likeness (QED) is 0.923. The van der Waals surface area contributed by atoms with E-state index < -0.39 is 0 Å². The van der Waals surface area contributed by atoms with Crippen LogP contribution in [0.4, 0.5) is 4.79 Å². The Morgan fingerprint density at radius 3 is 3.04 bits per heavy atom. The van der Waals surface area contributed by atoms with Crippen LogP contribution in [0.3, 0.4) is 0 Å². The molecule has 0 aliphatic carbocycles. The van der Waals surface area contributed by atoms with Crippen molar-refractivity contribution in [2.24, 2.45) is 0 Å². The van der Waals surface area contributed by atoms with Crippen molar-refractivity contribution in [3.8, 4) is 5.88 Å². The standard InChI is InChI=1S/C17H19ClN4O2/c1-24-16-13(18)9-12(10-20-16)11-21-17(23)22-8-4-6-15(22)14-5-2-3-7-19-14/h2-3,5,7,9-10,15H,4,6,8,11H2,1H3,(H,21,23). The number of nitrogens with one attached hydrogen (secondary N) is 1. The van der Waals surface area contributed by atoms with Crippen molar-refractivity contribution in [3.05, 3.63) is 52.9 Å². The van der Waals surface area contributed by atoms with Gasteiger partial charge in [-0.05, 0) is 36.6 Å². The highest BCUT2D eigenvalue weighted by Crippen LogP contribution is 2.30. The van der Waals surface area contributed by atoms with Crippen LogP contribution in [-0.2, 0) is 6.54 Å². The molecule has 2 amide bonds. The molecule has 0 spiro atoms. The van der Waals surface area contributed by atoms with Gasteiger partial charge < -0.3 is 15.0 Å². The van der Waals surface area contributed by atoms with E-state index >= 15 is 0 Å². The molecule has 1 atom stereocenters. The predicted octanol–water partition coefficient (Wildman–Crippen LogP) is 3.19. The van der Waals surface area contributed by atoms with Crippen LogP contribution in [0.1, 0.15) is 30.1 Å². The Bertz CT molecular complexity index is 711. The Labute approximate surface area is 145 Å². The highest BCUT2D eigenvalue weighted by molar-refractivity contribution is 6.31. The lowest BCUT2D eigenvalue weighted by molar-refractivity contribution is 0.191. The number of halogens is 1. The molecule has 0 aromatic carbocycles. The van der Waals surface area contributed by atoms with E-state index in [9.17, 15) is 4.79 Å². The van der Waals surface area contributed by atoms with E-state index in [1.807, 2.05) is 23.1 Å². The van der Waals surface area contributed by atoms with E-state index in [1.54, 1.807) is 18.5 Å². The number of likely N-dealkylation sites (tertiary alicyclic amines) is 1. The molecule has 1 aliphatic heterocycles. The lowest BCUT2D eigenvalue weighted by Gasteiger charge is -2.24. The second-order valence-corrected chi connectivity index (χ2v) is 6.01. The van der Waals surface area contributed by atoms with Gasteiger partial charge in [-0.2, -0.15) is 0 Å². The van der Waals surface area contributed by atoms with Gasteiger partial charge in [0.15, 0.2) is 0 Å². The summed E-state index contributed by atoms with van der Waals surface area (Å²) in [6.07, 6.45) is 5.31. The van der Waals surface area contributed by atoms with Crippen LogP contribution in [0.15, 0.2) is 36.7 Å². The Kier molecular flexibility index (Phi) is 5.15. The SMILES string of the molecule is COc1ncc(CNC(=O)N2CCCC2c2ccccn2)cc1Cl. The second-order valence-electron chi connectivity index (χ2n) is 5.60. The third-order valence-electron chi connectivity index (χ3n) is 4.04. The van der Waals surface area contributed by atoms with Crippen LogP contribution in [0.25, 0.3) is 0 Å².